The SMILES string of the molecule is CC(C)c1nc(C2CCN(c3ncnc4c(I)cccc34)CC2)no1. The van der Waals surface area contributed by atoms with Crippen molar-refractivity contribution < 1.29 is 4.52 Å². The molecule has 2 aromatic heterocycles. The molecule has 6 nitrogen and oxygen atoms in total. The highest BCUT2D eigenvalue weighted by Gasteiger charge is 2.26. The lowest BCUT2D eigenvalue weighted by Crippen LogP contribution is -2.34. The summed E-state index contributed by atoms with van der Waals surface area (Å²) in [5.74, 6) is 3.24. The molecule has 3 heterocycles. The minimum absolute atomic E-state index is 0.274. The van der Waals surface area contributed by atoms with Crippen LogP contribution in [-0.2, 0) is 0 Å². The van der Waals surface area contributed by atoms with Crippen LogP contribution in [-0.4, -0.2) is 33.2 Å². The van der Waals surface area contributed by atoms with Crippen LogP contribution in [0.5, 0.6) is 0 Å². The number of hydrogen-bond donors (Lipinski definition) is 0. The van der Waals surface area contributed by atoms with Crippen molar-refractivity contribution in [1.82, 2.24) is 20.1 Å². The van der Waals surface area contributed by atoms with Gasteiger partial charge in [-0.05, 0) is 47.6 Å². The smallest absolute Gasteiger partial charge is 0.229 e. The molecule has 1 aliphatic heterocycles. The first-order chi connectivity index (χ1) is 12.1. The van der Waals surface area contributed by atoms with Gasteiger partial charge in [0.25, 0.3) is 0 Å². The molecule has 1 aromatic carbocycles. The Morgan fingerprint density at radius 2 is 2.00 bits per heavy atom. The van der Waals surface area contributed by atoms with E-state index in [4.69, 9.17) is 4.52 Å². The number of piperidine rings is 1. The average Bonchev–Trinajstić information content (AvgIpc) is 3.12. The van der Waals surface area contributed by atoms with Gasteiger partial charge in [-0.1, -0.05) is 25.1 Å². The zero-order chi connectivity index (χ0) is 17.4. The molecule has 0 saturated carbocycles. The number of rotatable bonds is 3. The van der Waals surface area contributed by atoms with E-state index in [2.05, 4.69) is 79.6 Å². The fourth-order valence-electron chi connectivity index (χ4n) is 3.29. The molecule has 130 valence electrons. The Hall–Kier alpha value is -1.77. The highest BCUT2D eigenvalue weighted by molar-refractivity contribution is 14.1. The van der Waals surface area contributed by atoms with E-state index >= 15 is 0 Å². The molecule has 0 N–H and O–H groups in total. The van der Waals surface area contributed by atoms with Crippen molar-refractivity contribution in [2.75, 3.05) is 18.0 Å². The van der Waals surface area contributed by atoms with Gasteiger partial charge in [-0.3, -0.25) is 0 Å². The molecule has 0 spiro atoms. The lowest BCUT2D eigenvalue weighted by molar-refractivity contribution is 0.353. The maximum Gasteiger partial charge on any atom is 0.229 e. The highest BCUT2D eigenvalue weighted by Crippen LogP contribution is 2.32. The van der Waals surface area contributed by atoms with Crippen LogP contribution in [0.2, 0.25) is 0 Å². The molecule has 3 aromatic rings. The van der Waals surface area contributed by atoms with Crippen LogP contribution in [0.25, 0.3) is 10.9 Å². The lowest BCUT2D eigenvalue weighted by atomic mass is 9.96. The predicted octanol–water partition coefficient (Wildman–Crippen LogP) is 4.12. The second kappa shape index (κ2) is 6.86. The lowest BCUT2D eigenvalue weighted by Gasteiger charge is -2.32. The largest absolute Gasteiger partial charge is 0.356 e. The Morgan fingerprint density at radius 1 is 1.20 bits per heavy atom. The number of para-hydroxylation sites is 1. The summed E-state index contributed by atoms with van der Waals surface area (Å²) in [5.41, 5.74) is 1.02. The molecule has 25 heavy (non-hydrogen) atoms. The van der Waals surface area contributed by atoms with Crippen molar-refractivity contribution in [2.45, 2.75) is 38.5 Å². The topological polar surface area (TPSA) is 67.9 Å². The van der Waals surface area contributed by atoms with Crippen molar-refractivity contribution in [3.8, 4) is 0 Å². The third-order valence-electron chi connectivity index (χ3n) is 4.71. The standard InChI is InChI=1S/C18H20IN5O/c1-11(2)18-22-16(23-25-18)12-6-8-24(9-7-12)17-13-4-3-5-14(19)15(13)20-10-21-17/h3-5,10-12H,6-9H2,1-2H3. The fourth-order valence-corrected chi connectivity index (χ4v) is 3.92. The van der Waals surface area contributed by atoms with Crippen molar-refractivity contribution in [1.29, 1.82) is 0 Å². The molecule has 0 bridgehead atoms. The molecular weight excluding hydrogens is 429 g/mol. The summed E-state index contributed by atoms with van der Waals surface area (Å²) in [6.45, 7) is 6.02. The van der Waals surface area contributed by atoms with Gasteiger partial charge in [-0.15, -0.1) is 0 Å². The van der Waals surface area contributed by atoms with Gasteiger partial charge in [0, 0.05) is 33.9 Å². The molecule has 7 heteroatoms. The predicted molar refractivity (Wildman–Crippen MR) is 105 cm³/mol. The first-order valence-electron chi connectivity index (χ1n) is 8.61. The molecule has 0 unspecified atom stereocenters. The summed E-state index contributed by atoms with van der Waals surface area (Å²) in [4.78, 5) is 15.9. The summed E-state index contributed by atoms with van der Waals surface area (Å²) >= 11 is 2.33. The number of aromatic nitrogens is 4. The van der Waals surface area contributed by atoms with Gasteiger partial charge in [0.15, 0.2) is 5.82 Å². The monoisotopic (exact) mass is 449 g/mol. The van der Waals surface area contributed by atoms with Crippen molar-refractivity contribution in [3.05, 3.63) is 39.8 Å². The first-order valence-corrected chi connectivity index (χ1v) is 9.69. The molecular formula is C18H20IN5O. The number of benzene rings is 1. The van der Waals surface area contributed by atoms with Crippen LogP contribution in [0, 0.1) is 3.57 Å². The van der Waals surface area contributed by atoms with E-state index in [1.807, 2.05) is 0 Å². The van der Waals surface area contributed by atoms with Crippen LogP contribution >= 0.6 is 22.6 Å². The van der Waals surface area contributed by atoms with Gasteiger partial charge >= 0.3 is 0 Å². The number of anilines is 1. The molecule has 0 aliphatic carbocycles. The zero-order valence-electron chi connectivity index (χ0n) is 14.3. The van der Waals surface area contributed by atoms with Crippen LogP contribution < -0.4 is 4.90 Å². The van der Waals surface area contributed by atoms with Crippen LogP contribution in [0.15, 0.2) is 29.0 Å². The average molecular weight is 449 g/mol. The Labute approximate surface area is 160 Å². The Balaban J connectivity index is 1.53. The summed E-state index contributed by atoms with van der Waals surface area (Å²) in [6.07, 6.45) is 3.68. The van der Waals surface area contributed by atoms with E-state index in [-0.39, 0.29) is 5.92 Å². The third-order valence-corrected chi connectivity index (χ3v) is 5.58. The molecule has 0 amide bonds. The second-order valence-corrected chi connectivity index (χ2v) is 7.90. The van der Waals surface area contributed by atoms with E-state index in [0.717, 1.165) is 57.9 Å². The number of hydrogen-bond acceptors (Lipinski definition) is 6. The summed E-state index contributed by atoms with van der Waals surface area (Å²) in [6, 6.07) is 6.25. The van der Waals surface area contributed by atoms with Gasteiger partial charge < -0.3 is 9.42 Å². The van der Waals surface area contributed by atoms with Crippen molar-refractivity contribution in [3.63, 3.8) is 0 Å². The van der Waals surface area contributed by atoms with Crippen molar-refractivity contribution >= 4 is 39.3 Å². The Morgan fingerprint density at radius 3 is 2.72 bits per heavy atom. The Kier molecular flexibility index (Phi) is 4.58. The number of fused-ring (bicyclic) bond motifs is 1. The Bertz CT molecular complexity index is 886. The van der Waals surface area contributed by atoms with E-state index in [1.54, 1.807) is 6.33 Å². The number of nitrogens with zero attached hydrogens (tertiary/aromatic N) is 5. The molecule has 1 aliphatic rings. The minimum Gasteiger partial charge on any atom is -0.356 e. The quantitative estimate of drug-likeness (QED) is 0.561. The van der Waals surface area contributed by atoms with Crippen LogP contribution in [0.1, 0.15) is 50.2 Å². The molecule has 0 atom stereocenters. The molecule has 4 rings (SSSR count). The van der Waals surface area contributed by atoms with Gasteiger partial charge in [0.05, 0.1) is 5.52 Å². The van der Waals surface area contributed by atoms with Gasteiger partial charge in [0.2, 0.25) is 5.89 Å². The maximum atomic E-state index is 5.37. The molecule has 1 saturated heterocycles. The van der Waals surface area contributed by atoms with E-state index < -0.39 is 0 Å². The van der Waals surface area contributed by atoms with Gasteiger partial charge in [-0.25, -0.2) is 9.97 Å². The van der Waals surface area contributed by atoms with Gasteiger partial charge in [-0.2, -0.15) is 4.98 Å². The van der Waals surface area contributed by atoms with Crippen LogP contribution in [0.3, 0.4) is 0 Å². The fraction of sp³-hybridized carbons (Fsp3) is 0.444. The molecule has 1 fully saturated rings. The van der Waals surface area contributed by atoms with Crippen LogP contribution in [0.4, 0.5) is 5.82 Å². The van der Waals surface area contributed by atoms with Crippen molar-refractivity contribution in [2.24, 2.45) is 0 Å². The minimum atomic E-state index is 0.274. The molecule has 0 radical (unpaired) electrons. The third kappa shape index (κ3) is 3.21. The highest BCUT2D eigenvalue weighted by atomic mass is 127. The maximum absolute atomic E-state index is 5.37. The normalized spacial score (nSPS) is 16.1. The van der Waals surface area contributed by atoms with E-state index in [0.29, 0.717) is 5.92 Å². The van der Waals surface area contributed by atoms with E-state index in [9.17, 15) is 0 Å². The first kappa shape index (κ1) is 16.7. The zero-order valence-corrected chi connectivity index (χ0v) is 16.5. The number of halogens is 1. The van der Waals surface area contributed by atoms with E-state index in [1.165, 1.54) is 0 Å². The van der Waals surface area contributed by atoms with Gasteiger partial charge in [0.1, 0.15) is 12.1 Å². The summed E-state index contributed by atoms with van der Waals surface area (Å²) in [7, 11) is 0. The second-order valence-electron chi connectivity index (χ2n) is 6.74. The summed E-state index contributed by atoms with van der Waals surface area (Å²) in [5, 5.41) is 5.31. The summed E-state index contributed by atoms with van der Waals surface area (Å²) < 4.78 is 6.52.